The van der Waals surface area contributed by atoms with Crippen molar-refractivity contribution in [2.24, 2.45) is 0 Å². The Morgan fingerprint density at radius 2 is 2.18 bits per heavy atom. The molecule has 0 aliphatic carbocycles. The third kappa shape index (κ3) is 2.22. The topological polar surface area (TPSA) is 66.8 Å². The molecule has 0 saturated carbocycles. The highest BCUT2D eigenvalue weighted by atomic mass is 16.5. The summed E-state index contributed by atoms with van der Waals surface area (Å²) < 4.78 is 5.44. The molecule has 1 aromatic carbocycles. The number of carboxylic acids is 1. The Kier molecular flexibility index (Phi) is 2.99. The summed E-state index contributed by atoms with van der Waals surface area (Å²) in [6.07, 6.45) is -0.647. The van der Waals surface area contributed by atoms with Crippen LogP contribution < -0.4 is 9.64 Å². The van der Waals surface area contributed by atoms with Gasteiger partial charge in [0.1, 0.15) is 5.75 Å². The van der Waals surface area contributed by atoms with Gasteiger partial charge in [0.2, 0.25) is 0 Å². The number of carbonyl (C=O) groups is 2. The van der Waals surface area contributed by atoms with E-state index in [1.165, 1.54) is 4.90 Å². The molecule has 1 amide bonds. The van der Waals surface area contributed by atoms with Crippen LogP contribution in [0.1, 0.15) is 13.3 Å². The molecular weight excluding hydrogens is 222 g/mol. The van der Waals surface area contributed by atoms with Gasteiger partial charge in [-0.1, -0.05) is 12.1 Å². The molecule has 1 N–H and O–H groups in total. The van der Waals surface area contributed by atoms with Crippen LogP contribution in [-0.4, -0.2) is 29.6 Å². The van der Waals surface area contributed by atoms with E-state index in [1.54, 1.807) is 25.1 Å². The number of hydrogen-bond acceptors (Lipinski definition) is 3. The lowest BCUT2D eigenvalue weighted by Gasteiger charge is -2.32. The van der Waals surface area contributed by atoms with Crippen molar-refractivity contribution in [2.45, 2.75) is 19.4 Å². The summed E-state index contributed by atoms with van der Waals surface area (Å²) in [4.78, 5) is 24.0. The Balaban J connectivity index is 2.28. The van der Waals surface area contributed by atoms with E-state index >= 15 is 0 Å². The molecular formula is C12H13NO4. The van der Waals surface area contributed by atoms with Crippen LogP contribution in [0.5, 0.6) is 5.75 Å². The van der Waals surface area contributed by atoms with E-state index in [4.69, 9.17) is 9.84 Å². The second kappa shape index (κ2) is 4.45. The van der Waals surface area contributed by atoms with E-state index in [2.05, 4.69) is 0 Å². The number of rotatable bonds is 3. The number of aliphatic carboxylic acids is 1. The van der Waals surface area contributed by atoms with Crippen LogP contribution in [0.4, 0.5) is 5.69 Å². The Labute approximate surface area is 98.6 Å². The third-order valence-corrected chi connectivity index (χ3v) is 2.62. The third-order valence-electron chi connectivity index (χ3n) is 2.62. The van der Waals surface area contributed by atoms with Crippen molar-refractivity contribution in [3.63, 3.8) is 0 Å². The highest BCUT2D eigenvalue weighted by Gasteiger charge is 2.31. The average Bonchev–Trinajstić information content (AvgIpc) is 2.29. The maximum Gasteiger partial charge on any atom is 0.305 e. The number of amides is 1. The van der Waals surface area contributed by atoms with Gasteiger partial charge in [0.15, 0.2) is 6.10 Å². The van der Waals surface area contributed by atoms with Crippen LogP contribution >= 0.6 is 0 Å². The highest BCUT2D eigenvalue weighted by molar-refractivity contribution is 6.00. The SMILES string of the molecule is C[C@@H]1Oc2ccccc2N(CCC(=O)O)C1=O. The molecule has 1 heterocycles. The second-order valence-electron chi connectivity index (χ2n) is 3.86. The van der Waals surface area contributed by atoms with Crippen LogP contribution in [-0.2, 0) is 9.59 Å². The lowest BCUT2D eigenvalue weighted by Crippen LogP contribution is -2.45. The molecule has 5 heteroatoms. The minimum atomic E-state index is -0.922. The van der Waals surface area contributed by atoms with E-state index in [1.807, 2.05) is 6.07 Å². The summed E-state index contributed by atoms with van der Waals surface area (Å²) in [6, 6.07) is 7.13. The van der Waals surface area contributed by atoms with Gasteiger partial charge in [0.05, 0.1) is 12.1 Å². The zero-order valence-electron chi connectivity index (χ0n) is 9.42. The largest absolute Gasteiger partial charge is 0.481 e. The summed E-state index contributed by atoms with van der Waals surface area (Å²) in [7, 11) is 0. The first kappa shape index (κ1) is 11.4. The van der Waals surface area contributed by atoms with Crippen LogP contribution in [0.25, 0.3) is 0 Å². The van der Waals surface area contributed by atoms with Gasteiger partial charge in [-0.05, 0) is 19.1 Å². The zero-order valence-corrected chi connectivity index (χ0v) is 9.42. The Morgan fingerprint density at radius 1 is 1.47 bits per heavy atom. The Morgan fingerprint density at radius 3 is 2.88 bits per heavy atom. The predicted octanol–water partition coefficient (Wildman–Crippen LogP) is 1.28. The van der Waals surface area contributed by atoms with Gasteiger partial charge < -0.3 is 14.7 Å². The fourth-order valence-corrected chi connectivity index (χ4v) is 1.80. The number of ether oxygens (including phenoxy) is 1. The molecule has 0 spiro atoms. The molecule has 1 aromatic rings. The van der Waals surface area contributed by atoms with Crippen molar-refractivity contribution >= 4 is 17.6 Å². The summed E-state index contributed by atoms with van der Waals surface area (Å²) in [5.74, 6) is -0.510. The van der Waals surface area contributed by atoms with Crippen molar-refractivity contribution < 1.29 is 19.4 Å². The first-order valence-corrected chi connectivity index (χ1v) is 5.38. The number of nitrogens with zero attached hydrogens (tertiary/aromatic N) is 1. The maximum absolute atomic E-state index is 11.9. The fourth-order valence-electron chi connectivity index (χ4n) is 1.80. The molecule has 2 rings (SSSR count). The van der Waals surface area contributed by atoms with Gasteiger partial charge in [0, 0.05) is 6.54 Å². The summed E-state index contributed by atoms with van der Waals surface area (Å²) in [5.41, 5.74) is 0.636. The quantitative estimate of drug-likeness (QED) is 0.856. The van der Waals surface area contributed by atoms with E-state index in [0.29, 0.717) is 11.4 Å². The molecule has 1 atom stereocenters. The van der Waals surface area contributed by atoms with Crippen molar-refractivity contribution in [3.05, 3.63) is 24.3 Å². The summed E-state index contributed by atoms with van der Waals surface area (Å²) in [5, 5.41) is 8.68. The van der Waals surface area contributed by atoms with E-state index in [0.717, 1.165) is 0 Å². The van der Waals surface area contributed by atoms with Gasteiger partial charge in [-0.2, -0.15) is 0 Å². The molecule has 17 heavy (non-hydrogen) atoms. The molecule has 0 aromatic heterocycles. The molecule has 90 valence electrons. The molecule has 0 unspecified atom stereocenters. The average molecular weight is 235 g/mol. The molecule has 1 aliphatic heterocycles. The fraction of sp³-hybridized carbons (Fsp3) is 0.333. The van der Waals surface area contributed by atoms with Crippen LogP contribution in [0.3, 0.4) is 0 Å². The van der Waals surface area contributed by atoms with E-state index in [-0.39, 0.29) is 18.9 Å². The number of fused-ring (bicyclic) bond motifs is 1. The zero-order chi connectivity index (χ0) is 12.4. The van der Waals surface area contributed by atoms with E-state index in [9.17, 15) is 9.59 Å². The number of benzene rings is 1. The first-order chi connectivity index (χ1) is 8.09. The van der Waals surface area contributed by atoms with Crippen LogP contribution in [0.15, 0.2) is 24.3 Å². The van der Waals surface area contributed by atoms with Gasteiger partial charge in [-0.25, -0.2) is 0 Å². The Hall–Kier alpha value is -2.04. The summed E-state index contributed by atoms with van der Waals surface area (Å²) in [6.45, 7) is 1.82. The molecule has 0 radical (unpaired) electrons. The smallest absolute Gasteiger partial charge is 0.305 e. The van der Waals surface area contributed by atoms with Crippen molar-refractivity contribution in [3.8, 4) is 5.75 Å². The van der Waals surface area contributed by atoms with Crippen molar-refractivity contribution in [1.82, 2.24) is 0 Å². The second-order valence-corrected chi connectivity index (χ2v) is 3.86. The van der Waals surface area contributed by atoms with Crippen LogP contribution in [0, 0.1) is 0 Å². The van der Waals surface area contributed by atoms with Crippen molar-refractivity contribution in [1.29, 1.82) is 0 Å². The lowest BCUT2D eigenvalue weighted by molar-refractivity contribution is -0.136. The number of hydrogen-bond donors (Lipinski definition) is 1. The molecule has 0 saturated heterocycles. The minimum absolute atomic E-state index is 0.0766. The van der Waals surface area contributed by atoms with Gasteiger partial charge in [-0.15, -0.1) is 0 Å². The standard InChI is InChI=1S/C12H13NO4/c1-8-12(16)13(7-6-11(14)15)9-4-2-3-5-10(9)17-8/h2-5,8H,6-7H2,1H3,(H,14,15)/t8-/m0/s1. The number of carbonyl (C=O) groups excluding carboxylic acids is 1. The minimum Gasteiger partial charge on any atom is -0.481 e. The predicted molar refractivity (Wildman–Crippen MR) is 61.1 cm³/mol. The first-order valence-electron chi connectivity index (χ1n) is 5.38. The molecule has 5 nitrogen and oxygen atoms in total. The molecule has 0 fully saturated rings. The maximum atomic E-state index is 11.9. The highest BCUT2D eigenvalue weighted by Crippen LogP contribution is 2.33. The normalized spacial score (nSPS) is 18.5. The summed E-state index contributed by atoms with van der Waals surface area (Å²) >= 11 is 0. The number of para-hydroxylation sites is 2. The van der Waals surface area contributed by atoms with Gasteiger partial charge >= 0.3 is 5.97 Å². The lowest BCUT2D eigenvalue weighted by atomic mass is 10.2. The van der Waals surface area contributed by atoms with Gasteiger partial charge in [-0.3, -0.25) is 9.59 Å². The van der Waals surface area contributed by atoms with Crippen LogP contribution in [0.2, 0.25) is 0 Å². The van der Waals surface area contributed by atoms with Gasteiger partial charge in [0.25, 0.3) is 5.91 Å². The molecule has 0 bridgehead atoms. The molecule has 1 aliphatic rings. The monoisotopic (exact) mass is 235 g/mol. The Bertz CT molecular complexity index is 458. The number of carboxylic acid groups (broad SMARTS) is 1. The van der Waals surface area contributed by atoms with Crippen molar-refractivity contribution in [2.75, 3.05) is 11.4 Å². The number of anilines is 1. The van der Waals surface area contributed by atoms with E-state index < -0.39 is 12.1 Å².